The number of hydrogen-bond acceptors (Lipinski definition) is 4. The Kier molecular flexibility index (Phi) is 9.29. The third kappa shape index (κ3) is 5.54. The highest BCUT2D eigenvalue weighted by Gasteiger charge is 2.19. The molecule has 0 aromatic rings. The molecule has 0 fully saturated rings. The van der Waals surface area contributed by atoms with Gasteiger partial charge in [0.05, 0.1) is 12.6 Å². The molecule has 0 saturated heterocycles. The Hall–Kier alpha value is -0.160. The molecule has 0 aliphatic carbocycles. The lowest BCUT2D eigenvalue weighted by atomic mass is 10.3. The number of likely N-dealkylation sites (N-methyl/N-ethyl adjacent to an activating group) is 1. The van der Waals surface area contributed by atoms with E-state index in [1.54, 1.807) is 14.2 Å². The lowest BCUT2D eigenvalue weighted by molar-refractivity contribution is -0.134. The molecule has 4 heteroatoms. The molecule has 0 bridgehead atoms. The van der Waals surface area contributed by atoms with Crippen molar-refractivity contribution in [3.05, 3.63) is 0 Å². The summed E-state index contributed by atoms with van der Waals surface area (Å²) in [6, 6.07) is 0.0987. The molecule has 0 rings (SSSR count). The molecule has 1 N–H and O–H groups in total. The van der Waals surface area contributed by atoms with Crippen LogP contribution in [0.15, 0.2) is 0 Å². The van der Waals surface area contributed by atoms with Crippen LogP contribution >= 0.6 is 0 Å². The van der Waals surface area contributed by atoms with Crippen molar-refractivity contribution in [3.8, 4) is 0 Å². The molecular weight excluding hydrogens is 182 g/mol. The van der Waals surface area contributed by atoms with Gasteiger partial charge in [0.1, 0.15) is 0 Å². The third-order valence-corrected chi connectivity index (χ3v) is 1.91. The van der Waals surface area contributed by atoms with Crippen LogP contribution in [0.4, 0.5) is 0 Å². The first kappa shape index (κ1) is 13.8. The van der Waals surface area contributed by atoms with Gasteiger partial charge in [-0.15, -0.1) is 0 Å². The Balaban J connectivity index is 3.85. The van der Waals surface area contributed by atoms with Crippen molar-refractivity contribution in [2.75, 3.05) is 34.0 Å². The number of hydrogen-bond donors (Lipinski definition) is 1. The minimum Gasteiger partial charge on any atom is -0.380 e. The lowest BCUT2D eigenvalue weighted by Crippen LogP contribution is -2.45. The van der Waals surface area contributed by atoms with Gasteiger partial charge in [-0.2, -0.15) is 0 Å². The van der Waals surface area contributed by atoms with E-state index in [4.69, 9.17) is 14.2 Å². The van der Waals surface area contributed by atoms with Crippen molar-refractivity contribution in [1.82, 2.24) is 5.32 Å². The zero-order valence-electron chi connectivity index (χ0n) is 9.71. The largest absolute Gasteiger partial charge is 0.380 e. The van der Waals surface area contributed by atoms with E-state index < -0.39 is 0 Å². The molecule has 1 atom stereocenters. The summed E-state index contributed by atoms with van der Waals surface area (Å²) in [5.41, 5.74) is 0. The highest BCUT2D eigenvalue weighted by Crippen LogP contribution is 2.00. The summed E-state index contributed by atoms with van der Waals surface area (Å²) in [6.45, 7) is 6.42. The van der Waals surface area contributed by atoms with E-state index in [2.05, 4.69) is 19.2 Å². The summed E-state index contributed by atoms with van der Waals surface area (Å²) >= 11 is 0. The van der Waals surface area contributed by atoms with Gasteiger partial charge in [0.2, 0.25) is 0 Å². The predicted octanol–water partition coefficient (Wildman–Crippen LogP) is 1.01. The van der Waals surface area contributed by atoms with E-state index in [-0.39, 0.29) is 12.3 Å². The Labute approximate surface area is 86.9 Å². The first-order chi connectivity index (χ1) is 6.79. The van der Waals surface area contributed by atoms with Crippen LogP contribution in [0.3, 0.4) is 0 Å². The molecule has 14 heavy (non-hydrogen) atoms. The van der Waals surface area contributed by atoms with E-state index in [9.17, 15) is 0 Å². The van der Waals surface area contributed by atoms with Gasteiger partial charge < -0.3 is 19.5 Å². The van der Waals surface area contributed by atoms with Gasteiger partial charge in [-0.3, -0.25) is 0 Å². The normalized spacial score (nSPS) is 13.5. The fourth-order valence-corrected chi connectivity index (χ4v) is 1.28. The van der Waals surface area contributed by atoms with Gasteiger partial charge in [0.15, 0.2) is 6.29 Å². The molecule has 0 saturated carbocycles. The fourth-order valence-electron chi connectivity index (χ4n) is 1.28. The molecule has 0 aliphatic rings. The average molecular weight is 205 g/mol. The smallest absolute Gasteiger partial charge is 0.174 e. The quantitative estimate of drug-likeness (QED) is 0.450. The number of nitrogens with one attached hydrogen (secondary N) is 1. The van der Waals surface area contributed by atoms with Crippen LogP contribution in [0.25, 0.3) is 0 Å². The Bertz CT molecular complexity index is 118. The van der Waals surface area contributed by atoms with E-state index in [1.807, 2.05) is 0 Å². The molecule has 86 valence electrons. The van der Waals surface area contributed by atoms with Gasteiger partial charge in [-0.1, -0.05) is 13.8 Å². The van der Waals surface area contributed by atoms with Gasteiger partial charge in [-0.25, -0.2) is 0 Å². The maximum atomic E-state index is 5.46. The van der Waals surface area contributed by atoms with Gasteiger partial charge >= 0.3 is 0 Å². The van der Waals surface area contributed by atoms with Crippen molar-refractivity contribution < 1.29 is 14.2 Å². The van der Waals surface area contributed by atoms with Gasteiger partial charge in [0.25, 0.3) is 0 Å². The van der Waals surface area contributed by atoms with Crippen molar-refractivity contribution in [1.29, 1.82) is 0 Å². The molecule has 0 aromatic carbocycles. The molecule has 0 aliphatic heterocycles. The highest BCUT2D eigenvalue weighted by molar-refractivity contribution is 4.69. The van der Waals surface area contributed by atoms with Gasteiger partial charge in [-0.05, 0) is 13.0 Å². The summed E-state index contributed by atoms with van der Waals surface area (Å²) in [7, 11) is 3.27. The standard InChI is InChI=1S/C10H23NO3/c1-5-7-14-8-9(11-6-2)10(12-3)13-4/h9-11H,5-8H2,1-4H3. The van der Waals surface area contributed by atoms with E-state index >= 15 is 0 Å². The zero-order chi connectivity index (χ0) is 10.8. The maximum absolute atomic E-state index is 5.46. The molecule has 0 spiro atoms. The van der Waals surface area contributed by atoms with Crippen LogP contribution < -0.4 is 5.32 Å². The zero-order valence-corrected chi connectivity index (χ0v) is 9.71. The number of methoxy groups -OCH3 is 2. The second-order valence-electron chi connectivity index (χ2n) is 3.08. The minimum atomic E-state index is -0.244. The minimum absolute atomic E-state index is 0.0987. The first-order valence-electron chi connectivity index (χ1n) is 5.16. The van der Waals surface area contributed by atoms with E-state index in [0.717, 1.165) is 19.6 Å². The Morgan fingerprint density at radius 1 is 1.14 bits per heavy atom. The lowest BCUT2D eigenvalue weighted by Gasteiger charge is -2.25. The van der Waals surface area contributed by atoms with Gasteiger partial charge in [0, 0.05) is 20.8 Å². The predicted molar refractivity (Wildman–Crippen MR) is 56.4 cm³/mol. The van der Waals surface area contributed by atoms with Crippen molar-refractivity contribution in [2.24, 2.45) is 0 Å². The maximum Gasteiger partial charge on any atom is 0.174 e. The van der Waals surface area contributed by atoms with Crippen LogP contribution in [-0.2, 0) is 14.2 Å². The molecule has 0 radical (unpaired) electrons. The molecule has 0 aromatic heterocycles. The first-order valence-corrected chi connectivity index (χ1v) is 5.16. The second-order valence-corrected chi connectivity index (χ2v) is 3.08. The van der Waals surface area contributed by atoms with Crippen LogP contribution in [-0.4, -0.2) is 46.3 Å². The molecule has 0 heterocycles. The highest BCUT2D eigenvalue weighted by atomic mass is 16.7. The second kappa shape index (κ2) is 9.40. The van der Waals surface area contributed by atoms with Crippen molar-refractivity contribution in [2.45, 2.75) is 32.6 Å². The van der Waals surface area contributed by atoms with E-state index in [0.29, 0.717) is 6.61 Å². The summed E-state index contributed by atoms with van der Waals surface area (Å²) in [5.74, 6) is 0. The monoisotopic (exact) mass is 205 g/mol. The average Bonchev–Trinajstić information content (AvgIpc) is 2.20. The number of ether oxygens (including phenoxy) is 3. The molecular formula is C10H23NO3. The van der Waals surface area contributed by atoms with Crippen molar-refractivity contribution >= 4 is 0 Å². The van der Waals surface area contributed by atoms with E-state index in [1.165, 1.54) is 0 Å². The third-order valence-electron chi connectivity index (χ3n) is 1.91. The van der Waals surface area contributed by atoms with Crippen LogP contribution in [0, 0.1) is 0 Å². The van der Waals surface area contributed by atoms with Crippen LogP contribution in [0.5, 0.6) is 0 Å². The summed E-state index contributed by atoms with van der Waals surface area (Å²) in [4.78, 5) is 0. The fraction of sp³-hybridized carbons (Fsp3) is 1.00. The Morgan fingerprint density at radius 3 is 2.21 bits per heavy atom. The summed E-state index contributed by atoms with van der Waals surface area (Å²) < 4.78 is 15.8. The summed E-state index contributed by atoms with van der Waals surface area (Å²) in [6.07, 6.45) is 0.788. The SMILES string of the molecule is CCCOCC(NCC)C(OC)OC. The number of rotatable bonds is 9. The molecule has 4 nitrogen and oxygen atoms in total. The van der Waals surface area contributed by atoms with Crippen LogP contribution in [0.1, 0.15) is 20.3 Å². The van der Waals surface area contributed by atoms with Crippen molar-refractivity contribution in [3.63, 3.8) is 0 Å². The summed E-state index contributed by atoms with van der Waals surface area (Å²) in [5, 5.41) is 3.27. The van der Waals surface area contributed by atoms with Crippen LogP contribution in [0.2, 0.25) is 0 Å². The molecule has 0 amide bonds. The topological polar surface area (TPSA) is 39.7 Å². The molecule has 1 unspecified atom stereocenters. The Morgan fingerprint density at radius 2 is 1.79 bits per heavy atom.